The SMILES string of the molecule is C[C@]12CC[C@H]3[C@]4(C=C[C@@]5(C=C4C(=O)c4ccc(F)c(F)c4)CC(O)CC[C@]35C)[C@@H]1CC[C@@]2(O)CN1CCC[C@@H]1C(O)(c1ccccc1)c1ccccc1. The molecule has 3 aromatic rings. The number of aliphatic hydroxyl groups excluding tert-OH is 1. The van der Waals surface area contributed by atoms with Crippen LogP contribution >= 0.6 is 0 Å². The van der Waals surface area contributed by atoms with Gasteiger partial charge >= 0.3 is 0 Å². The van der Waals surface area contributed by atoms with Gasteiger partial charge in [0.15, 0.2) is 17.4 Å². The van der Waals surface area contributed by atoms with Crippen LogP contribution in [0.2, 0.25) is 0 Å². The minimum atomic E-state index is -1.28. The summed E-state index contributed by atoms with van der Waals surface area (Å²) in [5, 5.41) is 37.1. The zero-order valence-corrected chi connectivity index (χ0v) is 30.8. The van der Waals surface area contributed by atoms with Crippen molar-refractivity contribution < 1.29 is 28.9 Å². The fourth-order valence-corrected chi connectivity index (χ4v) is 13.2. The Morgan fingerprint density at radius 1 is 0.830 bits per heavy atom. The highest BCUT2D eigenvalue weighted by Crippen LogP contribution is 2.78. The van der Waals surface area contributed by atoms with Crippen LogP contribution in [0.15, 0.2) is 103 Å². The van der Waals surface area contributed by atoms with Crippen molar-refractivity contribution in [1.29, 1.82) is 0 Å². The maximum Gasteiger partial charge on any atom is 0.189 e. The fourth-order valence-electron chi connectivity index (χ4n) is 13.2. The third-order valence-electron chi connectivity index (χ3n) is 15.9. The number of Topliss-reactive ketones (excluding diaryl/α,β-unsaturated/α-hetero) is 1. The van der Waals surface area contributed by atoms with Gasteiger partial charge in [-0.05, 0) is 111 Å². The molecule has 2 spiro atoms. The Bertz CT molecular complexity index is 1960. The molecule has 3 N–H and O–H groups in total. The minimum absolute atomic E-state index is 0.0827. The van der Waals surface area contributed by atoms with E-state index in [0.717, 1.165) is 61.9 Å². The van der Waals surface area contributed by atoms with Crippen LogP contribution in [0.5, 0.6) is 0 Å². The number of carbonyl (C=O) groups is 1. The number of likely N-dealkylation sites (tertiary alicyclic amines) is 1. The second-order valence-electron chi connectivity index (χ2n) is 17.9. The molecule has 3 aromatic carbocycles. The maximum atomic E-state index is 14.8. The quantitative estimate of drug-likeness (QED) is 0.170. The van der Waals surface area contributed by atoms with Gasteiger partial charge in [-0.2, -0.15) is 0 Å². The molecular weight excluding hydrogens is 669 g/mol. The third-order valence-corrected chi connectivity index (χ3v) is 15.9. The van der Waals surface area contributed by atoms with Crippen LogP contribution in [0.3, 0.4) is 0 Å². The van der Waals surface area contributed by atoms with Gasteiger partial charge in [-0.15, -0.1) is 0 Å². The zero-order chi connectivity index (χ0) is 37.0. The summed E-state index contributed by atoms with van der Waals surface area (Å²) in [4.78, 5) is 17.1. The van der Waals surface area contributed by atoms with E-state index in [9.17, 15) is 28.9 Å². The molecule has 1 saturated heterocycles. The highest BCUT2D eigenvalue weighted by Gasteiger charge is 2.74. The van der Waals surface area contributed by atoms with Crippen molar-refractivity contribution >= 4 is 5.78 Å². The Balaban J connectivity index is 1.12. The van der Waals surface area contributed by atoms with E-state index in [1.54, 1.807) is 0 Å². The fraction of sp³-hybridized carbons (Fsp3) is 0.500. The number of aliphatic hydroxyl groups is 3. The van der Waals surface area contributed by atoms with Gasteiger partial charge in [-0.3, -0.25) is 9.69 Å². The predicted molar refractivity (Wildman–Crippen MR) is 200 cm³/mol. The molecule has 1 heterocycles. The van der Waals surface area contributed by atoms with E-state index in [4.69, 9.17) is 0 Å². The molecular formula is C46H51F2NO4. The van der Waals surface area contributed by atoms with E-state index in [2.05, 4.69) is 37.0 Å². The maximum absolute atomic E-state index is 14.8. The van der Waals surface area contributed by atoms with Gasteiger partial charge in [0.05, 0.1) is 11.7 Å². The van der Waals surface area contributed by atoms with E-state index in [-0.39, 0.29) is 34.6 Å². The van der Waals surface area contributed by atoms with Gasteiger partial charge in [0, 0.05) is 40.0 Å². The monoisotopic (exact) mass is 719 g/mol. The van der Waals surface area contributed by atoms with E-state index in [1.807, 2.05) is 60.7 Å². The Morgan fingerprint density at radius 3 is 2.15 bits per heavy atom. The van der Waals surface area contributed by atoms with Gasteiger partial charge < -0.3 is 15.3 Å². The van der Waals surface area contributed by atoms with Crippen LogP contribution in [-0.2, 0) is 5.60 Å². The molecule has 278 valence electrons. The summed E-state index contributed by atoms with van der Waals surface area (Å²) in [6.45, 7) is 5.72. The van der Waals surface area contributed by atoms with Crippen molar-refractivity contribution in [2.24, 2.45) is 33.5 Å². The molecule has 7 heteroatoms. The first-order chi connectivity index (χ1) is 25.3. The summed E-state index contributed by atoms with van der Waals surface area (Å²) in [6.07, 6.45) is 12.7. The molecule has 9 atom stereocenters. The van der Waals surface area contributed by atoms with Crippen LogP contribution in [0, 0.1) is 45.1 Å². The van der Waals surface area contributed by atoms with Crippen molar-refractivity contribution in [3.8, 4) is 0 Å². The lowest BCUT2D eigenvalue weighted by molar-refractivity contribution is -0.178. The van der Waals surface area contributed by atoms with E-state index in [0.29, 0.717) is 37.8 Å². The standard InChI is InChI=1S/C46H51F2NO4/c1-41-20-17-33(50)27-43(41)23-24-45(34(28-43)40(51)30-15-16-35(47)36(48)26-30)37(41)18-21-42(2)38(45)19-22-44(42,52)29-49-25-9-14-39(49)46(53,31-10-5-3-6-11-31)32-12-7-4-8-13-32/h3-8,10-13,15-16,23-24,26,28,33,37-39,50,52-53H,9,14,17-22,25,27,29H2,1-2H3/t33?,37-,38-,39-,41-,42+,43+,44-,45-/m1/s1. The number of rotatable bonds is 7. The molecule has 7 aliphatic rings. The third kappa shape index (κ3) is 4.69. The Kier molecular flexibility index (Phi) is 7.98. The van der Waals surface area contributed by atoms with Gasteiger partial charge in [0.1, 0.15) is 5.60 Å². The highest BCUT2D eigenvalue weighted by molar-refractivity contribution is 6.10. The van der Waals surface area contributed by atoms with E-state index >= 15 is 0 Å². The Hall–Kier alpha value is -3.49. The summed E-state index contributed by atoms with van der Waals surface area (Å²) in [7, 11) is 0. The van der Waals surface area contributed by atoms with E-state index in [1.165, 1.54) is 6.07 Å². The molecule has 0 aromatic heterocycles. The Morgan fingerprint density at radius 2 is 1.47 bits per heavy atom. The molecule has 4 fully saturated rings. The highest BCUT2D eigenvalue weighted by atomic mass is 19.2. The molecule has 1 unspecified atom stereocenters. The first kappa shape index (κ1) is 35.2. The van der Waals surface area contributed by atoms with Crippen molar-refractivity contribution in [3.63, 3.8) is 0 Å². The first-order valence-corrected chi connectivity index (χ1v) is 19.7. The van der Waals surface area contributed by atoms with Gasteiger partial charge in [0.25, 0.3) is 0 Å². The van der Waals surface area contributed by atoms with Gasteiger partial charge in [0.2, 0.25) is 0 Å². The number of nitrogens with zero attached hydrogens (tertiary/aromatic N) is 1. The lowest BCUT2D eigenvalue weighted by Gasteiger charge is -2.71. The smallest absolute Gasteiger partial charge is 0.189 e. The average Bonchev–Trinajstić information content (AvgIpc) is 3.74. The van der Waals surface area contributed by atoms with Crippen LogP contribution in [0.25, 0.3) is 0 Å². The molecule has 53 heavy (non-hydrogen) atoms. The summed E-state index contributed by atoms with van der Waals surface area (Å²) in [6, 6.07) is 22.9. The summed E-state index contributed by atoms with van der Waals surface area (Å²) >= 11 is 0. The zero-order valence-electron chi connectivity index (χ0n) is 30.8. The number of carbonyl (C=O) groups excluding carboxylic acids is 1. The van der Waals surface area contributed by atoms with Gasteiger partial charge in [-0.25, -0.2) is 8.78 Å². The number of benzene rings is 3. The van der Waals surface area contributed by atoms with Crippen LogP contribution < -0.4 is 0 Å². The van der Waals surface area contributed by atoms with Crippen LogP contribution in [0.1, 0.15) is 93.1 Å². The number of halogens is 2. The number of allylic oxidation sites excluding steroid dienone is 4. The largest absolute Gasteiger partial charge is 0.393 e. The van der Waals surface area contributed by atoms with Crippen molar-refractivity contribution in [2.75, 3.05) is 13.1 Å². The molecule has 2 bridgehead atoms. The number of hydrogen-bond acceptors (Lipinski definition) is 5. The molecule has 6 aliphatic carbocycles. The molecule has 0 radical (unpaired) electrons. The van der Waals surface area contributed by atoms with Crippen LogP contribution in [0.4, 0.5) is 8.78 Å². The number of fused-ring (bicyclic) bond motifs is 1. The van der Waals surface area contributed by atoms with Crippen molar-refractivity contribution in [3.05, 3.63) is 131 Å². The van der Waals surface area contributed by atoms with E-state index < -0.39 is 45.2 Å². The Labute approximate surface area is 311 Å². The van der Waals surface area contributed by atoms with Crippen molar-refractivity contribution in [1.82, 2.24) is 4.90 Å². The lowest BCUT2D eigenvalue weighted by Crippen LogP contribution is -2.67. The lowest BCUT2D eigenvalue weighted by atomic mass is 9.32. The minimum Gasteiger partial charge on any atom is -0.393 e. The van der Waals surface area contributed by atoms with Crippen molar-refractivity contribution in [2.45, 2.75) is 95.0 Å². The predicted octanol–water partition coefficient (Wildman–Crippen LogP) is 8.14. The summed E-state index contributed by atoms with van der Waals surface area (Å²) in [5.41, 5.74) is -1.99. The van der Waals surface area contributed by atoms with Gasteiger partial charge in [-0.1, -0.05) is 92.7 Å². The number of β-amino-alcohol motifs (C(OH)–C–C–N with tert-alkyl or cyclic N) is 1. The number of ketones is 1. The molecule has 3 saturated carbocycles. The molecule has 10 rings (SSSR count). The first-order valence-electron chi connectivity index (χ1n) is 19.7. The summed E-state index contributed by atoms with van der Waals surface area (Å²) in [5.74, 6) is -2.33. The molecule has 1 aliphatic heterocycles. The molecule has 5 nitrogen and oxygen atoms in total. The second-order valence-corrected chi connectivity index (χ2v) is 17.9. The topological polar surface area (TPSA) is 81.0 Å². The normalized spacial score (nSPS) is 39.0. The molecule has 0 amide bonds. The number of hydrogen-bond donors (Lipinski definition) is 3. The average molecular weight is 720 g/mol. The second kappa shape index (κ2) is 12.0. The summed E-state index contributed by atoms with van der Waals surface area (Å²) < 4.78 is 28.8. The van der Waals surface area contributed by atoms with Crippen LogP contribution in [-0.4, -0.2) is 56.8 Å².